The van der Waals surface area contributed by atoms with Gasteiger partial charge in [0.15, 0.2) is 6.29 Å². The third kappa shape index (κ3) is 1.48. The number of hydrogen-bond donors (Lipinski definition) is 0. The number of benzene rings is 1. The summed E-state index contributed by atoms with van der Waals surface area (Å²) in [6.45, 7) is 4.57. The first-order valence-corrected chi connectivity index (χ1v) is 5.36. The van der Waals surface area contributed by atoms with Crippen molar-refractivity contribution in [1.82, 2.24) is 4.57 Å². The van der Waals surface area contributed by atoms with Crippen LogP contribution in [0.25, 0.3) is 10.9 Å². The van der Waals surface area contributed by atoms with E-state index in [1.54, 1.807) is 0 Å². The maximum Gasteiger partial charge on any atom is 0.166 e. The molecule has 84 valence electrons. The highest BCUT2D eigenvalue weighted by Crippen LogP contribution is 2.27. The smallest absolute Gasteiger partial charge is 0.166 e. The molecule has 1 heterocycles. The van der Waals surface area contributed by atoms with Crippen LogP contribution >= 0.6 is 0 Å². The minimum Gasteiger partial charge on any atom is -0.494 e. The Morgan fingerprint density at radius 3 is 2.81 bits per heavy atom. The van der Waals surface area contributed by atoms with E-state index in [1.165, 1.54) is 0 Å². The van der Waals surface area contributed by atoms with Crippen LogP contribution < -0.4 is 4.74 Å². The Balaban J connectivity index is 2.69. The van der Waals surface area contributed by atoms with Crippen LogP contribution in [0.2, 0.25) is 0 Å². The van der Waals surface area contributed by atoms with Gasteiger partial charge in [-0.05, 0) is 37.6 Å². The minimum atomic E-state index is 0.651. The fraction of sp³-hybridized carbons (Fsp3) is 0.308. The fourth-order valence-corrected chi connectivity index (χ4v) is 2.05. The molecule has 3 heteroatoms. The monoisotopic (exact) mass is 217 g/mol. The van der Waals surface area contributed by atoms with E-state index >= 15 is 0 Å². The molecule has 0 fully saturated rings. The predicted molar refractivity (Wildman–Crippen MR) is 64.2 cm³/mol. The normalized spacial score (nSPS) is 10.7. The molecule has 2 rings (SSSR count). The third-order valence-electron chi connectivity index (χ3n) is 2.90. The summed E-state index contributed by atoms with van der Waals surface area (Å²) < 4.78 is 7.36. The maximum absolute atomic E-state index is 11.0. The Kier molecular flexibility index (Phi) is 2.69. The Labute approximate surface area is 94.6 Å². The van der Waals surface area contributed by atoms with Crippen molar-refractivity contribution in [3.8, 4) is 5.75 Å². The molecule has 16 heavy (non-hydrogen) atoms. The molecule has 0 spiro atoms. The van der Waals surface area contributed by atoms with E-state index in [9.17, 15) is 4.79 Å². The molecule has 0 aliphatic heterocycles. The number of aldehydes is 1. The molecule has 0 aliphatic rings. The summed E-state index contributed by atoms with van der Waals surface area (Å²) in [6.07, 6.45) is 0.898. The van der Waals surface area contributed by atoms with E-state index in [0.29, 0.717) is 6.61 Å². The third-order valence-corrected chi connectivity index (χ3v) is 2.90. The molecule has 2 aromatic rings. The topological polar surface area (TPSA) is 31.2 Å². The molecule has 0 aliphatic carbocycles. The number of carbonyl (C=O) groups is 1. The van der Waals surface area contributed by atoms with Gasteiger partial charge in [-0.15, -0.1) is 0 Å². The van der Waals surface area contributed by atoms with Crippen molar-refractivity contribution in [2.75, 3.05) is 6.61 Å². The number of carbonyl (C=O) groups excluding carboxylic acids is 1. The van der Waals surface area contributed by atoms with Crippen molar-refractivity contribution in [3.05, 3.63) is 29.5 Å². The van der Waals surface area contributed by atoms with Gasteiger partial charge >= 0.3 is 0 Å². The number of hydrogen-bond acceptors (Lipinski definition) is 2. The summed E-state index contributed by atoms with van der Waals surface area (Å²) >= 11 is 0. The molecule has 0 amide bonds. The lowest BCUT2D eigenvalue weighted by Gasteiger charge is -2.03. The average molecular weight is 217 g/mol. The van der Waals surface area contributed by atoms with Crippen LogP contribution in [0, 0.1) is 6.92 Å². The average Bonchev–Trinajstić information content (AvgIpc) is 2.52. The van der Waals surface area contributed by atoms with Gasteiger partial charge in [-0.25, -0.2) is 0 Å². The zero-order valence-corrected chi connectivity index (χ0v) is 9.78. The van der Waals surface area contributed by atoms with Crippen LogP contribution in [0.3, 0.4) is 0 Å². The summed E-state index contributed by atoms with van der Waals surface area (Å²) in [6, 6.07) is 5.90. The number of ether oxygens (including phenoxy) is 1. The lowest BCUT2D eigenvalue weighted by Crippen LogP contribution is -1.94. The Morgan fingerprint density at radius 2 is 2.19 bits per heavy atom. The largest absolute Gasteiger partial charge is 0.494 e. The van der Waals surface area contributed by atoms with Crippen molar-refractivity contribution in [3.63, 3.8) is 0 Å². The van der Waals surface area contributed by atoms with Crippen LogP contribution in [0.5, 0.6) is 5.75 Å². The van der Waals surface area contributed by atoms with Gasteiger partial charge in [0.25, 0.3) is 0 Å². The summed E-state index contributed by atoms with van der Waals surface area (Å²) in [7, 11) is 1.90. The van der Waals surface area contributed by atoms with Crippen molar-refractivity contribution in [1.29, 1.82) is 0 Å². The summed E-state index contributed by atoms with van der Waals surface area (Å²) in [5.41, 5.74) is 2.79. The first-order valence-electron chi connectivity index (χ1n) is 5.36. The lowest BCUT2D eigenvalue weighted by molar-refractivity contribution is 0.111. The van der Waals surface area contributed by atoms with Gasteiger partial charge in [0.2, 0.25) is 0 Å². The molecule has 0 radical (unpaired) electrons. The molecule has 1 aromatic carbocycles. The molecule has 1 aromatic heterocycles. The molecule has 3 nitrogen and oxygen atoms in total. The summed E-state index contributed by atoms with van der Waals surface area (Å²) in [5.74, 6) is 0.848. The Hall–Kier alpha value is -1.77. The second-order valence-corrected chi connectivity index (χ2v) is 3.80. The van der Waals surface area contributed by atoms with Gasteiger partial charge in [-0.2, -0.15) is 0 Å². The first kappa shape index (κ1) is 10.7. The SMILES string of the molecule is CCOc1ccc2c(c1)c(C)c(C=O)n2C. The molecular formula is C13H15NO2. The van der Waals surface area contributed by atoms with Gasteiger partial charge in [-0.1, -0.05) is 0 Å². The number of aromatic nitrogens is 1. The molecule has 0 bridgehead atoms. The summed E-state index contributed by atoms with van der Waals surface area (Å²) in [4.78, 5) is 11.0. The zero-order valence-electron chi connectivity index (χ0n) is 9.78. The Morgan fingerprint density at radius 1 is 1.44 bits per heavy atom. The fourth-order valence-electron chi connectivity index (χ4n) is 2.05. The predicted octanol–water partition coefficient (Wildman–Crippen LogP) is 2.70. The first-order chi connectivity index (χ1) is 7.69. The standard InChI is InChI=1S/C13H15NO2/c1-4-16-10-5-6-12-11(7-10)9(2)13(8-15)14(12)3/h5-8H,4H2,1-3H3. The minimum absolute atomic E-state index is 0.651. The highest BCUT2D eigenvalue weighted by Gasteiger charge is 2.11. The maximum atomic E-state index is 11.0. The number of rotatable bonds is 3. The summed E-state index contributed by atoms with van der Waals surface area (Å²) in [5, 5.41) is 1.08. The lowest BCUT2D eigenvalue weighted by atomic mass is 10.1. The molecule has 0 N–H and O–H groups in total. The molecule has 0 saturated carbocycles. The van der Waals surface area contributed by atoms with E-state index in [1.807, 2.05) is 43.7 Å². The van der Waals surface area contributed by atoms with Crippen LogP contribution in [0.15, 0.2) is 18.2 Å². The van der Waals surface area contributed by atoms with Crippen molar-refractivity contribution in [2.45, 2.75) is 13.8 Å². The van der Waals surface area contributed by atoms with Crippen LogP contribution in [0.4, 0.5) is 0 Å². The van der Waals surface area contributed by atoms with Crippen molar-refractivity contribution < 1.29 is 9.53 Å². The van der Waals surface area contributed by atoms with Crippen LogP contribution in [0.1, 0.15) is 23.0 Å². The highest BCUT2D eigenvalue weighted by atomic mass is 16.5. The molecule has 0 saturated heterocycles. The Bertz CT molecular complexity index is 540. The number of nitrogens with zero attached hydrogens (tertiary/aromatic N) is 1. The van der Waals surface area contributed by atoms with Gasteiger partial charge in [0.05, 0.1) is 12.3 Å². The number of fused-ring (bicyclic) bond motifs is 1. The van der Waals surface area contributed by atoms with Gasteiger partial charge < -0.3 is 9.30 Å². The quantitative estimate of drug-likeness (QED) is 0.740. The zero-order chi connectivity index (χ0) is 11.7. The van der Waals surface area contributed by atoms with E-state index in [2.05, 4.69) is 0 Å². The van der Waals surface area contributed by atoms with E-state index in [0.717, 1.165) is 34.2 Å². The van der Waals surface area contributed by atoms with E-state index in [-0.39, 0.29) is 0 Å². The van der Waals surface area contributed by atoms with Gasteiger partial charge in [-0.3, -0.25) is 4.79 Å². The molecule has 0 atom stereocenters. The van der Waals surface area contributed by atoms with Crippen LogP contribution in [-0.4, -0.2) is 17.5 Å². The highest BCUT2D eigenvalue weighted by molar-refractivity contribution is 5.93. The number of aryl methyl sites for hydroxylation is 2. The van der Waals surface area contributed by atoms with Crippen molar-refractivity contribution in [2.24, 2.45) is 7.05 Å². The van der Waals surface area contributed by atoms with Gasteiger partial charge in [0.1, 0.15) is 5.75 Å². The van der Waals surface area contributed by atoms with Crippen LogP contribution in [-0.2, 0) is 7.05 Å². The van der Waals surface area contributed by atoms with Crippen molar-refractivity contribution >= 4 is 17.2 Å². The van der Waals surface area contributed by atoms with E-state index in [4.69, 9.17) is 4.74 Å². The molecule has 0 unspecified atom stereocenters. The van der Waals surface area contributed by atoms with Gasteiger partial charge in [0, 0.05) is 18.0 Å². The van der Waals surface area contributed by atoms with E-state index < -0.39 is 0 Å². The second-order valence-electron chi connectivity index (χ2n) is 3.80. The second kappa shape index (κ2) is 4.00. The molecular weight excluding hydrogens is 202 g/mol.